The van der Waals surface area contributed by atoms with E-state index in [1.807, 2.05) is 18.2 Å². The van der Waals surface area contributed by atoms with Crippen molar-refractivity contribution in [1.82, 2.24) is 0 Å². The van der Waals surface area contributed by atoms with Crippen molar-refractivity contribution in [2.45, 2.75) is 6.54 Å². The topological polar surface area (TPSA) is 21.3 Å². The van der Waals surface area contributed by atoms with Crippen LogP contribution in [0, 0.1) is 0 Å². The number of rotatable bonds is 4. The molecule has 2 aromatic carbocycles. The van der Waals surface area contributed by atoms with Crippen LogP contribution in [-0.2, 0) is 6.54 Å². The Morgan fingerprint density at radius 1 is 1.16 bits per heavy atom. The minimum atomic E-state index is 0.623. The molecule has 0 radical (unpaired) electrons. The summed E-state index contributed by atoms with van der Waals surface area (Å²) < 4.78 is 6.22. The van der Waals surface area contributed by atoms with Crippen LogP contribution in [-0.4, -0.2) is 7.11 Å². The van der Waals surface area contributed by atoms with Crippen LogP contribution in [0.2, 0.25) is 10.0 Å². The van der Waals surface area contributed by atoms with Crippen molar-refractivity contribution in [2.75, 3.05) is 12.4 Å². The first-order valence-corrected chi connectivity index (χ1v) is 7.16. The Balaban J connectivity index is 2.16. The summed E-state index contributed by atoms with van der Waals surface area (Å²) in [6.45, 7) is 0.623. The molecule has 0 aromatic heterocycles. The Hall–Kier alpha value is -0.900. The second-order valence-corrected chi connectivity index (χ2v) is 5.63. The van der Waals surface area contributed by atoms with Gasteiger partial charge in [-0.15, -0.1) is 0 Å². The van der Waals surface area contributed by atoms with Gasteiger partial charge in [0.15, 0.2) is 0 Å². The van der Waals surface area contributed by atoms with Gasteiger partial charge in [0.05, 0.1) is 17.8 Å². The van der Waals surface area contributed by atoms with Gasteiger partial charge in [-0.2, -0.15) is 0 Å². The van der Waals surface area contributed by atoms with E-state index in [2.05, 4.69) is 21.2 Å². The predicted octanol–water partition coefficient (Wildman–Crippen LogP) is 5.38. The number of halogens is 3. The molecular formula is C14H12BrCl2NO. The molecule has 0 aliphatic carbocycles. The number of anilines is 1. The van der Waals surface area contributed by atoms with E-state index < -0.39 is 0 Å². The highest BCUT2D eigenvalue weighted by molar-refractivity contribution is 9.10. The van der Waals surface area contributed by atoms with E-state index in [1.165, 1.54) is 0 Å². The van der Waals surface area contributed by atoms with Gasteiger partial charge in [0.2, 0.25) is 0 Å². The molecule has 100 valence electrons. The van der Waals surface area contributed by atoms with Crippen LogP contribution in [0.5, 0.6) is 5.75 Å². The second-order valence-electron chi connectivity index (χ2n) is 3.94. The molecule has 0 atom stereocenters. The van der Waals surface area contributed by atoms with E-state index in [0.29, 0.717) is 16.6 Å². The smallest absolute Gasteiger partial charge is 0.119 e. The van der Waals surface area contributed by atoms with Crippen molar-refractivity contribution in [1.29, 1.82) is 0 Å². The minimum Gasteiger partial charge on any atom is -0.497 e. The lowest BCUT2D eigenvalue weighted by Crippen LogP contribution is -2.01. The van der Waals surface area contributed by atoms with Gasteiger partial charge in [0.1, 0.15) is 5.75 Å². The standard InChI is InChI=1S/C14H12BrCl2NO/c1-19-11-3-4-12(15)9(6-11)8-18-14-7-10(16)2-5-13(14)17/h2-7,18H,8H2,1H3. The molecule has 2 nitrogen and oxygen atoms in total. The molecule has 5 heteroatoms. The Morgan fingerprint density at radius 2 is 1.95 bits per heavy atom. The number of benzene rings is 2. The lowest BCUT2D eigenvalue weighted by atomic mass is 10.2. The molecule has 0 saturated carbocycles. The van der Waals surface area contributed by atoms with E-state index in [9.17, 15) is 0 Å². The quantitative estimate of drug-likeness (QED) is 0.790. The van der Waals surface area contributed by atoms with Crippen molar-refractivity contribution in [3.05, 3.63) is 56.5 Å². The highest BCUT2D eigenvalue weighted by atomic mass is 79.9. The molecule has 0 spiro atoms. The maximum absolute atomic E-state index is 6.10. The second kappa shape index (κ2) is 6.51. The normalized spacial score (nSPS) is 10.3. The molecule has 0 bridgehead atoms. The molecule has 2 aromatic rings. The average molecular weight is 361 g/mol. The lowest BCUT2D eigenvalue weighted by Gasteiger charge is -2.11. The summed E-state index contributed by atoms with van der Waals surface area (Å²) in [5.41, 5.74) is 1.89. The average Bonchev–Trinajstić information content (AvgIpc) is 2.41. The van der Waals surface area contributed by atoms with Crippen molar-refractivity contribution < 1.29 is 4.74 Å². The summed E-state index contributed by atoms with van der Waals surface area (Å²) in [6.07, 6.45) is 0. The van der Waals surface area contributed by atoms with E-state index in [4.69, 9.17) is 27.9 Å². The maximum atomic E-state index is 6.10. The Labute approximate surface area is 130 Å². The summed E-state index contributed by atoms with van der Waals surface area (Å²) in [6, 6.07) is 11.2. The molecule has 0 unspecified atom stereocenters. The maximum Gasteiger partial charge on any atom is 0.119 e. The number of methoxy groups -OCH3 is 1. The summed E-state index contributed by atoms with van der Waals surface area (Å²) >= 11 is 15.6. The molecule has 0 aliphatic heterocycles. The van der Waals surface area contributed by atoms with Crippen molar-refractivity contribution in [2.24, 2.45) is 0 Å². The van der Waals surface area contributed by atoms with Gasteiger partial charge in [0, 0.05) is 16.0 Å². The van der Waals surface area contributed by atoms with Crippen LogP contribution in [0.4, 0.5) is 5.69 Å². The summed E-state index contributed by atoms with van der Waals surface area (Å²) in [5, 5.41) is 4.55. The third-order valence-electron chi connectivity index (χ3n) is 2.65. The van der Waals surface area contributed by atoms with Gasteiger partial charge >= 0.3 is 0 Å². The number of hydrogen-bond acceptors (Lipinski definition) is 2. The monoisotopic (exact) mass is 359 g/mol. The Bertz CT molecular complexity index is 590. The molecule has 2 rings (SSSR count). The lowest BCUT2D eigenvalue weighted by molar-refractivity contribution is 0.414. The molecule has 0 heterocycles. The summed E-state index contributed by atoms with van der Waals surface area (Å²) in [4.78, 5) is 0. The number of nitrogens with one attached hydrogen (secondary N) is 1. The Morgan fingerprint density at radius 3 is 2.68 bits per heavy atom. The van der Waals surface area contributed by atoms with Crippen molar-refractivity contribution >= 4 is 44.8 Å². The zero-order valence-corrected chi connectivity index (χ0v) is 13.3. The van der Waals surface area contributed by atoms with Gasteiger partial charge < -0.3 is 10.1 Å². The van der Waals surface area contributed by atoms with Crippen molar-refractivity contribution in [3.8, 4) is 5.75 Å². The number of ether oxygens (including phenoxy) is 1. The van der Waals surface area contributed by atoms with Crippen molar-refractivity contribution in [3.63, 3.8) is 0 Å². The van der Waals surface area contributed by atoms with Crippen LogP contribution in [0.15, 0.2) is 40.9 Å². The molecule has 0 saturated heterocycles. The first-order valence-electron chi connectivity index (χ1n) is 5.61. The summed E-state index contributed by atoms with van der Waals surface area (Å²) in [7, 11) is 1.65. The van der Waals surface area contributed by atoms with Gasteiger partial charge in [0.25, 0.3) is 0 Å². The fourth-order valence-electron chi connectivity index (χ4n) is 1.64. The molecule has 0 aliphatic rings. The largest absolute Gasteiger partial charge is 0.497 e. The SMILES string of the molecule is COc1ccc(Br)c(CNc2cc(Cl)ccc2Cl)c1. The van der Waals surface area contributed by atoms with E-state index >= 15 is 0 Å². The fourth-order valence-corrected chi connectivity index (χ4v) is 2.38. The highest BCUT2D eigenvalue weighted by Crippen LogP contribution is 2.28. The van der Waals surface area contributed by atoms with Crippen LogP contribution in [0.3, 0.4) is 0 Å². The molecule has 0 fully saturated rings. The number of hydrogen-bond donors (Lipinski definition) is 1. The highest BCUT2D eigenvalue weighted by Gasteiger charge is 2.05. The van der Waals surface area contributed by atoms with E-state index in [1.54, 1.807) is 25.3 Å². The van der Waals surface area contributed by atoms with Gasteiger partial charge in [-0.05, 0) is 42.0 Å². The predicted molar refractivity (Wildman–Crippen MR) is 84.5 cm³/mol. The molecular weight excluding hydrogens is 349 g/mol. The van der Waals surface area contributed by atoms with Gasteiger partial charge in [-0.3, -0.25) is 0 Å². The van der Waals surface area contributed by atoms with E-state index in [0.717, 1.165) is 21.5 Å². The van der Waals surface area contributed by atoms with Crippen LogP contribution in [0.25, 0.3) is 0 Å². The zero-order valence-electron chi connectivity index (χ0n) is 10.2. The minimum absolute atomic E-state index is 0.623. The van der Waals surface area contributed by atoms with E-state index in [-0.39, 0.29) is 0 Å². The van der Waals surface area contributed by atoms with Crippen LogP contribution < -0.4 is 10.1 Å². The zero-order chi connectivity index (χ0) is 13.8. The third-order valence-corrected chi connectivity index (χ3v) is 3.99. The first kappa shape index (κ1) is 14.5. The first-order chi connectivity index (χ1) is 9.10. The third kappa shape index (κ3) is 3.78. The molecule has 0 amide bonds. The van der Waals surface area contributed by atoms with Gasteiger partial charge in [-0.1, -0.05) is 39.1 Å². The summed E-state index contributed by atoms with van der Waals surface area (Å²) in [5.74, 6) is 0.817. The Kier molecular flexibility index (Phi) is 4.97. The molecule has 1 N–H and O–H groups in total. The van der Waals surface area contributed by atoms with Crippen LogP contribution in [0.1, 0.15) is 5.56 Å². The molecule has 19 heavy (non-hydrogen) atoms. The fraction of sp³-hybridized carbons (Fsp3) is 0.143. The van der Waals surface area contributed by atoms with Crippen LogP contribution >= 0.6 is 39.1 Å². The van der Waals surface area contributed by atoms with Gasteiger partial charge in [-0.25, -0.2) is 0 Å².